The van der Waals surface area contributed by atoms with Crippen LogP contribution in [0, 0.1) is 0 Å². The molecule has 0 atom stereocenters. The van der Waals surface area contributed by atoms with Gasteiger partial charge >= 0.3 is 5.97 Å². The van der Waals surface area contributed by atoms with Crippen molar-refractivity contribution in [2.24, 2.45) is 0 Å². The lowest BCUT2D eigenvalue weighted by atomic mass is 10.3. The van der Waals surface area contributed by atoms with E-state index in [4.69, 9.17) is 9.47 Å². The first kappa shape index (κ1) is 16.7. The van der Waals surface area contributed by atoms with Crippen LogP contribution in [0.25, 0.3) is 0 Å². The fraction of sp³-hybridized carbons (Fsp3) is 0.500. The molecule has 0 saturated carbocycles. The topological polar surface area (TPSA) is 65.1 Å². The summed E-state index contributed by atoms with van der Waals surface area (Å²) in [6.45, 7) is 1.89. The van der Waals surface area contributed by atoms with E-state index in [2.05, 4.69) is 36.6 Å². The number of hydrogen-bond donors (Lipinski definition) is 0. The Morgan fingerprint density at radius 3 is 2.62 bits per heavy atom. The molecule has 0 radical (unpaired) electrons. The van der Waals surface area contributed by atoms with Gasteiger partial charge in [-0.25, -0.2) is 4.79 Å². The van der Waals surface area contributed by atoms with Gasteiger partial charge < -0.3 is 19.1 Å². The molecule has 1 fully saturated rings. The fourth-order valence-corrected chi connectivity index (χ4v) is 3.92. The maximum Gasteiger partial charge on any atom is 0.343 e. The maximum absolute atomic E-state index is 12.5. The number of carbonyl (C=O) groups is 2. The Kier molecular flexibility index (Phi) is 6.03. The summed E-state index contributed by atoms with van der Waals surface area (Å²) in [4.78, 5) is 25.9. The second kappa shape index (κ2) is 7.57. The molecule has 9 heteroatoms. The van der Waals surface area contributed by atoms with Crippen molar-refractivity contribution in [2.75, 3.05) is 40.0 Å². The highest BCUT2D eigenvalue weighted by Gasteiger charge is 2.27. The highest BCUT2D eigenvalue weighted by molar-refractivity contribution is 9.13. The van der Waals surface area contributed by atoms with Crippen LogP contribution in [0.3, 0.4) is 0 Å². The number of morpholine rings is 1. The van der Waals surface area contributed by atoms with Gasteiger partial charge in [-0.1, -0.05) is 0 Å². The number of hydrogen-bond acceptors (Lipinski definition) is 6. The quantitative estimate of drug-likeness (QED) is 0.669. The smallest absolute Gasteiger partial charge is 0.343 e. The van der Waals surface area contributed by atoms with Gasteiger partial charge in [0.1, 0.15) is 4.88 Å². The van der Waals surface area contributed by atoms with E-state index in [1.807, 2.05) is 0 Å². The third-order valence-corrected chi connectivity index (χ3v) is 6.21. The zero-order chi connectivity index (χ0) is 15.4. The zero-order valence-corrected chi connectivity index (χ0v) is 15.2. The summed E-state index contributed by atoms with van der Waals surface area (Å²) in [6, 6.07) is 0. The van der Waals surface area contributed by atoms with Crippen molar-refractivity contribution < 1.29 is 23.8 Å². The van der Waals surface area contributed by atoms with E-state index in [1.54, 1.807) is 4.90 Å². The molecule has 0 N–H and O–H groups in total. The number of rotatable bonds is 4. The Morgan fingerprint density at radius 2 is 2.00 bits per heavy atom. The molecule has 0 spiro atoms. The molecule has 0 bridgehead atoms. The molecular formula is C12H13Br2NO5S. The highest BCUT2D eigenvalue weighted by Crippen LogP contribution is 2.43. The van der Waals surface area contributed by atoms with E-state index in [9.17, 15) is 9.59 Å². The molecule has 116 valence electrons. The lowest BCUT2D eigenvalue weighted by Gasteiger charge is -2.26. The molecule has 1 amide bonds. The van der Waals surface area contributed by atoms with Crippen molar-refractivity contribution in [3.8, 4) is 5.75 Å². The second-order valence-electron chi connectivity index (χ2n) is 4.12. The fourth-order valence-electron chi connectivity index (χ4n) is 1.74. The Labute approximate surface area is 142 Å². The summed E-state index contributed by atoms with van der Waals surface area (Å²) >= 11 is 7.98. The van der Waals surface area contributed by atoms with Gasteiger partial charge in [-0.2, -0.15) is 0 Å². The van der Waals surface area contributed by atoms with Crippen molar-refractivity contribution in [1.82, 2.24) is 4.90 Å². The molecule has 1 aromatic heterocycles. The third-order valence-electron chi connectivity index (χ3n) is 2.82. The first-order valence-electron chi connectivity index (χ1n) is 6.09. The predicted molar refractivity (Wildman–Crippen MR) is 84.0 cm³/mol. The Morgan fingerprint density at radius 1 is 1.33 bits per heavy atom. The molecule has 0 unspecified atom stereocenters. The van der Waals surface area contributed by atoms with Gasteiger partial charge in [-0.05, 0) is 31.9 Å². The lowest BCUT2D eigenvalue weighted by molar-refractivity contribution is -0.142. The number of esters is 1. The van der Waals surface area contributed by atoms with Crippen LogP contribution in [-0.4, -0.2) is 56.8 Å². The van der Waals surface area contributed by atoms with Gasteiger partial charge in [0.05, 0.1) is 28.6 Å². The third kappa shape index (κ3) is 3.97. The molecule has 2 rings (SSSR count). The number of ether oxygens (including phenoxy) is 3. The SMILES string of the molecule is COC(=O)COc1c(C(=O)N2CCOCC2)sc(Br)c1Br. The molecule has 1 aromatic rings. The summed E-state index contributed by atoms with van der Waals surface area (Å²) in [5, 5.41) is 0. The van der Waals surface area contributed by atoms with Crippen LogP contribution in [0.2, 0.25) is 0 Å². The van der Waals surface area contributed by atoms with E-state index in [0.29, 0.717) is 41.4 Å². The molecule has 1 aliphatic heterocycles. The Hall–Kier alpha value is -0.640. The number of carbonyl (C=O) groups excluding carboxylic acids is 2. The molecule has 2 heterocycles. The van der Waals surface area contributed by atoms with Gasteiger partial charge in [0, 0.05) is 13.1 Å². The van der Waals surface area contributed by atoms with Crippen LogP contribution in [0.5, 0.6) is 5.75 Å². The van der Waals surface area contributed by atoms with Crippen LogP contribution in [0.4, 0.5) is 0 Å². The number of thiophene rings is 1. The molecule has 1 saturated heterocycles. The number of halogens is 2. The van der Waals surface area contributed by atoms with Crippen LogP contribution in [0.15, 0.2) is 8.26 Å². The van der Waals surface area contributed by atoms with Gasteiger partial charge in [0.25, 0.3) is 5.91 Å². The standard InChI is InChI=1S/C12H13Br2NO5S/c1-18-7(16)6-20-9-8(13)11(14)21-10(9)12(17)15-2-4-19-5-3-15/h2-6H2,1H3. The average molecular weight is 443 g/mol. The summed E-state index contributed by atoms with van der Waals surface area (Å²) in [6.07, 6.45) is 0. The van der Waals surface area contributed by atoms with Crippen molar-refractivity contribution in [3.63, 3.8) is 0 Å². The largest absolute Gasteiger partial charge is 0.479 e. The minimum absolute atomic E-state index is 0.130. The Bertz CT molecular complexity index is 542. The van der Waals surface area contributed by atoms with E-state index in [1.165, 1.54) is 18.4 Å². The normalized spacial score (nSPS) is 14.9. The molecule has 0 aliphatic carbocycles. The van der Waals surface area contributed by atoms with Crippen LogP contribution in [0.1, 0.15) is 9.67 Å². The summed E-state index contributed by atoms with van der Waals surface area (Å²) in [7, 11) is 1.28. The molecule has 1 aliphatic rings. The van der Waals surface area contributed by atoms with Gasteiger partial charge in [-0.15, -0.1) is 11.3 Å². The van der Waals surface area contributed by atoms with Crippen molar-refractivity contribution >= 4 is 55.1 Å². The summed E-state index contributed by atoms with van der Waals surface area (Å²) in [5.41, 5.74) is 0. The van der Waals surface area contributed by atoms with Crippen LogP contribution in [-0.2, 0) is 14.3 Å². The van der Waals surface area contributed by atoms with E-state index in [-0.39, 0.29) is 12.5 Å². The van der Waals surface area contributed by atoms with Crippen LogP contribution >= 0.6 is 43.2 Å². The molecule has 21 heavy (non-hydrogen) atoms. The lowest BCUT2D eigenvalue weighted by Crippen LogP contribution is -2.40. The first-order valence-corrected chi connectivity index (χ1v) is 8.49. The molecule has 6 nitrogen and oxygen atoms in total. The highest BCUT2D eigenvalue weighted by atomic mass is 79.9. The van der Waals surface area contributed by atoms with Crippen molar-refractivity contribution in [1.29, 1.82) is 0 Å². The first-order chi connectivity index (χ1) is 10.0. The molecule has 0 aromatic carbocycles. The predicted octanol–water partition coefficient (Wildman–Crippen LogP) is 2.30. The number of nitrogens with zero attached hydrogens (tertiary/aromatic N) is 1. The van der Waals surface area contributed by atoms with Crippen molar-refractivity contribution in [3.05, 3.63) is 13.1 Å². The minimum atomic E-state index is -0.506. The van der Waals surface area contributed by atoms with E-state index in [0.717, 1.165) is 3.79 Å². The van der Waals surface area contributed by atoms with E-state index < -0.39 is 5.97 Å². The minimum Gasteiger partial charge on any atom is -0.479 e. The zero-order valence-electron chi connectivity index (χ0n) is 11.2. The van der Waals surface area contributed by atoms with E-state index >= 15 is 0 Å². The summed E-state index contributed by atoms with van der Waals surface area (Å²) in [5.74, 6) is -0.280. The van der Waals surface area contributed by atoms with Gasteiger partial charge in [0.2, 0.25) is 0 Å². The number of methoxy groups -OCH3 is 1. The van der Waals surface area contributed by atoms with Gasteiger partial charge in [-0.3, -0.25) is 4.79 Å². The van der Waals surface area contributed by atoms with Crippen LogP contribution < -0.4 is 4.74 Å². The Balaban J connectivity index is 2.19. The average Bonchev–Trinajstić information content (AvgIpc) is 2.80. The summed E-state index contributed by atoms with van der Waals surface area (Å²) < 4.78 is 16.6. The second-order valence-corrected chi connectivity index (χ2v) is 7.25. The van der Waals surface area contributed by atoms with Crippen molar-refractivity contribution in [2.45, 2.75) is 0 Å². The maximum atomic E-state index is 12.5. The monoisotopic (exact) mass is 441 g/mol. The van der Waals surface area contributed by atoms with Gasteiger partial charge in [0.15, 0.2) is 12.4 Å². The molecular weight excluding hydrogens is 430 g/mol. The number of amides is 1.